The summed E-state index contributed by atoms with van der Waals surface area (Å²) in [6.07, 6.45) is 4.22. The van der Waals surface area contributed by atoms with Crippen LogP contribution in [0.2, 0.25) is 0 Å². The second-order valence-electron chi connectivity index (χ2n) is 11.5. The van der Waals surface area contributed by atoms with Crippen molar-refractivity contribution in [2.45, 2.75) is 0 Å². The van der Waals surface area contributed by atoms with Crippen molar-refractivity contribution in [3.63, 3.8) is 0 Å². The lowest BCUT2D eigenvalue weighted by Crippen LogP contribution is -1.95. The van der Waals surface area contributed by atoms with Gasteiger partial charge >= 0.3 is 0 Å². The molecule has 6 heterocycles. The summed E-state index contributed by atoms with van der Waals surface area (Å²) in [4.78, 5) is 9.88. The lowest BCUT2D eigenvalue weighted by atomic mass is 10.1. The molecule has 0 bridgehead atoms. The molecule has 0 unspecified atom stereocenters. The summed E-state index contributed by atoms with van der Waals surface area (Å²) in [5.74, 6) is 0. The fourth-order valence-electron chi connectivity index (χ4n) is 6.66. The van der Waals surface area contributed by atoms with E-state index in [1.165, 1.54) is 32.6 Å². The van der Waals surface area contributed by atoms with Gasteiger partial charge in [-0.3, -0.25) is 0 Å². The maximum Gasteiger partial charge on any atom is 0.0957 e. The molecule has 2 N–H and O–H groups in total. The molecule has 0 radical (unpaired) electrons. The first kappa shape index (κ1) is 28.2. The van der Waals surface area contributed by atoms with Crippen LogP contribution in [-0.2, 0) is 0 Å². The number of benzene rings is 4. The minimum absolute atomic E-state index is 0. The molecule has 4 aromatic carbocycles. The highest BCUT2D eigenvalue weighted by Crippen LogP contribution is 2.38. The SMILES string of the molecule is O.c1ccc(-c2cc3n4ccccc4c4ccccc4c-3n2)cc1.c1ccc(-c2cc3n4ccccc4c4ccccc4c-3n2)cc1. The number of pyridine rings is 4. The lowest BCUT2D eigenvalue weighted by molar-refractivity contribution is 0.824. The highest BCUT2D eigenvalue weighted by Gasteiger charge is 2.19. The fourth-order valence-corrected chi connectivity index (χ4v) is 6.66. The maximum atomic E-state index is 4.94. The summed E-state index contributed by atoms with van der Waals surface area (Å²) in [6.45, 7) is 0. The molecular formula is C42H30N4O. The maximum absolute atomic E-state index is 4.94. The van der Waals surface area contributed by atoms with Gasteiger partial charge in [0.1, 0.15) is 0 Å². The van der Waals surface area contributed by atoms with Crippen molar-refractivity contribution < 1.29 is 5.48 Å². The Balaban J connectivity index is 0.000000135. The Hall–Kier alpha value is -6.30. The van der Waals surface area contributed by atoms with Crippen LogP contribution in [0.15, 0.2) is 170 Å². The van der Waals surface area contributed by atoms with Gasteiger partial charge in [0.2, 0.25) is 0 Å². The van der Waals surface area contributed by atoms with Crippen LogP contribution in [0.5, 0.6) is 0 Å². The van der Waals surface area contributed by atoms with E-state index in [-0.39, 0.29) is 5.48 Å². The van der Waals surface area contributed by atoms with Gasteiger partial charge in [0.15, 0.2) is 0 Å². The Morgan fingerprint density at radius 3 is 1.15 bits per heavy atom. The first-order chi connectivity index (χ1) is 22.8. The van der Waals surface area contributed by atoms with Crippen molar-refractivity contribution in [2.24, 2.45) is 0 Å². The van der Waals surface area contributed by atoms with Crippen LogP contribution < -0.4 is 0 Å². The summed E-state index contributed by atoms with van der Waals surface area (Å²) in [7, 11) is 0. The Labute approximate surface area is 271 Å². The highest BCUT2D eigenvalue weighted by molar-refractivity contribution is 6.06. The molecule has 0 fully saturated rings. The third kappa shape index (κ3) is 4.69. The van der Waals surface area contributed by atoms with Gasteiger partial charge in [-0.2, -0.15) is 0 Å². The summed E-state index contributed by atoms with van der Waals surface area (Å²) in [5, 5.41) is 4.88. The van der Waals surface area contributed by atoms with Crippen molar-refractivity contribution >= 4 is 32.6 Å². The van der Waals surface area contributed by atoms with Crippen molar-refractivity contribution in [1.82, 2.24) is 18.8 Å². The molecular weight excluding hydrogens is 576 g/mol. The standard InChI is InChI=1S/2C21H14N2.H2O/c2*1-2-8-15(9-3-1)18-14-20-21(22-18)17-11-5-4-10-16(17)19-12-6-7-13-23(19)20;/h2*1-14H;1H2. The number of hydrogen-bond donors (Lipinski definition) is 0. The van der Waals surface area contributed by atoms with Gasteiger partial charge in [-0.1, -0.05) is 121 Å². The monoisotopic (exact) mass is 606 g/mol. The lowest BCUT2D eigenvalue weighted by Gasteiger charge is -2.11. The van der Waals surface area contributed by atoms with Gasteiger partial charge in [0.25, 0.3) is 0 Å². The van der Waals surface area contributed by atoms with Crippen molar-refractivity contribution in [3.05, 3.63) is 170 Å². The van der Waals surface area contributed by atoms with Crippen LogP contribution in [-0.4, -0.2) is 24.2 Å². The molecule has 0 amide bonds. The van der Waals surface area contributed by atoms with E-state index in [1.54, 1.807) is 0 Å². The van der Waals surface area contributed by atoms with E-state index in [1.807, 2.05) is 12.1 Å². The Kier molecular flexibility index (Phi) is 6.94. The molecule has 2 aromatic heterocycles. The van der Waals surface area contributed by atoms with Gasteiger partial charge in [-0.15, -0.1) is 0 Å². The van der Waals surface area contributed by atoms with E-state index in [2.05, 4.69) is 167 Å². The van der Waals surface area contributed by atoms with E-state index >= 15 is 0 Å². The predicted molar refractivity (Wildman–Crippen MR) is 193 cm³/mol. The summed E-state index contributed by atoms with van der Waals surface area (Å²) in [5.41, 5.74) is 11.2. The molecule has 0 saturated heterocycles. The van der Waals surface area contributed by atoms with Gasteiger partial charge in [-0.25, -0.2) is 9.97 Å². The summed E-state index contributed by atoms with van der Waals surface area (Å²) in [6, 6.07) is 54.7. The number of fused-ring (bicyclic) bond motifs is 12. The zero-order chi connectivity index (χ0) is 30.5. The number of rotatable bonds is 2. The van der Waals surface area contributed by atoms with Gasteiger partial charge in [0, 0.05) is 45.1 Å². The molecule has 4 aliphatic heterocycles. The first-order valence-corrected chi connectivity index (χ1v) is 15.5. The average molecular weight is 607 g/mol. The van der Waals surface area contributed by atoms with Crippen molar-refractivity contribution in [1.29, 1.82) is 0 Å². The second-order valence-corrected chi connectivity index (χ2v) is 11.5. The number of hydrogen-bond acceptors (Lipinski definition) is 2. The minimum Gasteiger partial charge on any atom is -0.412 e. The Morgan fingerprint density at radius 2 is 0.723 bits per heavy atom. The van der Waals surface area contributed by atoms with Crippen molar-refractivity contribution in [3.8, 4) is 45.3 Å². The largest absolute Gasteiger partial charge is 0.412 e. The van der Waals surface area contributed by atoms with Crippen LogP contribution in [0.4, 0.5) is 0 Å². The normalized spacial score (nSPS) is 11.2. The first-order valence-electron chi connectivity index (χ1n) is 15.5. The van der Waals surface area contributed by atoms with Crippen LogP contribution in [0.25, 0.3) is 77.9 Å². The Bertz CT molecular complexity index is 2260. The smallest absolute Gasteiger partial charge is 0.0957 e. The molecule has 0 spiro atoms. The molecule has 0 saturated carbocycles. The van der Waals surface area contributed by atoms with Crippen LogP contribution >= 0.6 is 0 Å². The van der Waals surface area contributed by atoms with Crippen LogP contribution in [0, 0.1) is 0 Å². The fraction of sp³-hybridized carbons (Fsp3) is 0. The second kappa shape index (κ2) is 11.6. The summed E-state index contributed by atoms with van der Waals surface area (Å²) >= 11 is 0. The zero-order valence-electron chi connectivity index (χ0n) is 25.5. The van der Waals surface area contributed by atoms with E-state index < -0.39 is 0 Å². The van der Waals surface area contributed by atoms with Crippen molar-refractivity contribution in [2.75, 3.05) is 0 Å². The minimum atomic E-state index is 0. The quantitative estimate of drug-likeness (QED) is 0.184. The molecule has 0 aliphatic carbocycles. The van der Waals surface area contributed by atoms with Gasteiger partial charge in [0.05, 0.1) is 45.2 Å². The van der Waals surface area contributed by atoms with Crippen LogP contribution in [0.3, 0.4) is 0 Å². The average Bonchev–Trinajstić information content (AvgIpc) is 3.80. The molecule has 6 aromatic rings. The van der Waals surface area contributed by atoms with E-state index in [0.29, 0.717) is 0 Å². The highest BCUT2D eigenvalue weighted by atomic mass is 16.0. The molecule has 224 valence electrons. The molecule has 10 rings (SSSR count). The summed E-state index contributed by atoms with van der Waals surface area (Å²) < 4.78 is 4.47. The number of nitrogens with zero attached hydrogens (tertiary/aromatic N) is 4. The van der Waals surface area contributed by atoms with E-state index in [0.717, 1.165) is 45.3 Å². The van der Waals surface area contributed by atoms with Gasteiger partial charge in [-0.05, 0) is 36.4 Å². The third-order valence-electron chi connectivity index (χ3n) is 8.79. The number of aromatic nitrogens is 4. The van der Waals surface area contributed by atoms with Crippen LogP contribution in [0.1, 0.15) is 0 Å². The van der Waals surface area contributed by atoms with E-state index in [9.17, 15) is 0 Å². The van der Waals surface area contributed by atoms with Gasteiger partial charge < -0.3 is 14.3 Å². The molecule has 4 aliphatic rings. The topological polar surface area (TPSA) is 66.1 Å². The molecule has 5 heteroatoms. The molecule has 0 atom stereocenters. The Morgan fingerprint density at radius 1 is 0.362 bits per heavy atom. The third-order valence-corrected chi connectivity index (χ3v) is 8.79. The molecule has 5 nitrogen and oxygen atoms in total. The van der Waals surface area contributed by atoms with E-state index in [4.69, 9.17) is 9.97 Å². The molecule has 47 heavy (non-hydrogen) atoms. The predicted octanol–water partition coefficient (Wildman–Crippen LogP) is 9.69. The zero-order valence-corrected chi connectivity index (χ0v) is 25.5.